The van der Waals surface area contributed by atoms with E-state index in [0.717, 1.165) is 11.3 Å². The molecular weight excluding hydrogens is 360 g/mol. The normalized spacial score (nSPS) is 10.2. The smallest absolute Gasteiger partial charge is 0.345 e. The summed E-state index contributed by atoms with van der Waals surface area (Å²) >= 11 is 0. The number of ether oxygens (including phenoxy) is 4. The first-order valence-electron chi connectivity index (χ1n) is 8.65. The summed E-state index contributed by atoms with van der Waals surface area (Å²) in [4.78, 5) is 12.3. The number of nitrogens with zero attached hydrogens (tertiary/aromatic N) is 2. The summed E-state index contributed by atoms with van der Waals surface area (Å²) in [7, 11) is 3.02. The number of rotatable bonds is 7. The number of methoxy groups -OCH3 is 2. The molecule has 3 aromatic rings. The van der Waals surface area contributed by atoms with E-state index in [-0.39, 0.29) is 5.88 Å². The molecule has 0 aliphatic carbocycles. The minimum atomic E-state index is -0.566. The first kappa shape index (κ1) is 19.2. The highest BCUT2D eigenvalue weighted by atomic mass is 16.5. The lowest BCUT2D eigenvalue weighted by Crippen LogP contribution is -2.10. The van der Waals surface area contributed by atoms with Crippen LogP contribution in [-0.4, -0.2) is 37.0 Å². The van der Waals surface area contributed by atoms with Crippen molar-refractivity contribution in [2.45, 2.75) is 6.92 Å². The van der Waals surface area contributed by atoms with Crippen LogP contribution in [0.15, 0.2) is 54.6 Å². The van der Waals surface area contributed by atoms with E-state index < -0.39 is 5.97 Å². The summed E-state index contributed by atoms with van der Waals surface area (Å²) in [5.41, 5.74) is 1.86. The molecule has 0 saturated heterocycles. The Hall–Kier alpha value is -3.61. The maximum Gasteiger partial charge on any atom is 0.345 e. The number of hydrogen-bond acceptors (Lipinski definition) is 7. The summed E-state index contributed by atoms with van der Waals surface area (Å²) < 4.78 is 21.1. The van der Waals surface area contributed by atoms with E-state index in [1.165, 1.54) is 14.2 Å². The second-order valence-electron chi connectivity index (χ2n) is 5.67. The average molecular weight is 380 g/mol. The maximum absolute atomic E-state index is 12.3. The fraction of sp³-hybridized carbons (Fsp3) is 0.190. The minimum Gasteiger partial charge on any atom is -0.494 e. The van der Waals surface area contributed by atoms with E-state index in [4.69, 9.17) is 18.9 Å². The lowest BCUT2D eigenvalue weighted by molar-refractivity contribution is 0.0725. The fourth-order valence-electron chi connectivity index (χ4n) is 2.53. The molecule has 7 heteroatoms. The molecule has 0 radical (unpaired) electrons. The number of hydrogen-bond donors (Lipinski definition) is 0. The Balaban J connectivity index is 1.71. The van der Waals surface area contributed by atoms with Gasteiger partial charge in [-0.15, -0.1) is 10.2 Å². The van der Waals surface area contributed by atoms with Crippen LogP contribution < -0.4 is 18.9 Å². The van der Waals surface area contributed by atoms with Crippen molar-refractivity contribution in [3.8, 4) is 34.4 Å². The van der Waals surface area contributed by atoms with E-state index in [1.54, 1.807) is 30.3 Å². The Morgan fingerprint density at radius 2 is 1.64 bits per heavy atom. The van der Waals surface area contributed by atoms with Crippen LogP contribution in [0.2, 0.25) is 0 Å². The Labute approximate surface area is 162 Å². The van der Waals surface area contributed by atoms with E-state index in [2.05, 4.69) is 10.2 Å². The van der Waals surface area contributed by atoms with Crippen LogP contribution in [0.5, 0.6) is 23.1 Å². The number of carbonyl (C=O) groups is 1. The fourth-order valence-corrected chi connectivity index (χ4v) is 2.53. The van der Waals surface area contributed by atoms with Gasteiger partial charge in [0.05, 0.1) is 32.1 Å². The van der Waals surface area contributed by atoms with Crippen molar-refractivity contribution in [1.82, 2.24) is 10.2 Å². The number of esters is 1. The van der Waals surface area contributed by atoms with Crippen molar-refractivity contribution in [1.29, 1.82) is 0 Å². The molecule has 0 bridgehead atoms. The molecule has 3 rings (SSSR count). The predicted molar refractivity (Wildman–Crippen MR) is 103 cm³/mol. The van der Waals surface area contributed by atoms with Gasteiger partial charge in [-0.25, -0.2) is 4.79 Å². The number of carbonyl (C=O) groups excluding carboxylic acids is 1. The van der Waals surface area contributed by atoms with Crippen LogP contribution in [-0.2, 0) is 0 Å². The maximum atomic E-state index is 12.3. The van der Waals surface area contributed by atoms with Gasteiger partial charge in [0.25, 0.3) is 0 Å². The molecule has 28 heavy (non-hydrogen) atoms. The first-order chi connectivity index (χ1) is 13.6. The van der Waals surface area contributed by atoms with Gasteiger partial charge in [0.2, 0.25) is 5.88 Å². The highest BCUT2D eigenvalue weighted by Gasteiger charge is 2.14. The monoisotopic (exact) mass is 380 g/mol. The highest BCUT2D eigenvalue weighted by Crippen LogP contribution is 2.28. The van der Waals surface area contributed by atoms with Crippen LogP contribution in [0, 0.1) is 0 Å². The van der Waals surface area contributed by atoms with Crippen LogP contribution in [0.4, 0.5) is 0 Å². The van der Waals surface area contributed by atoms with Gasteiger partial charge in [-0.05, 0) is 55.5 Å². The standard InChI is InChI=1S/C21H20N2O5/c1-4-27-16-8-5-14(6-9-16)17-10-12-20(23-22-17)28-21(24)15-7-11-18(25-2)19(13-15)26-3/h5-13H,4H2,1-3H3. The Morgan fingerprint density at radius 3 is 2.25 bits per heavy atom. The van der Waals surface area contributed by atoms with Gasteiger partial charge in [0, 0.05) is 11.6 Å². The molecule has 0 atom stereocenters. The average Bonchev–Trinajstić information content (AvgIpc) is 2.74. The highest BCUT2D eigenvalue weighted by molar-refractivity contribution is 5.91. The molecule has 0 spiro atoms. The van der Waals surface area contributed by atoms with E-state index >= 15 is 0 Å². The van der Waals surface area contributed by atoms with Crippen LogP contribution in [0.1, 0.15) is 17.3 Å². The molecule has 1 heterocycles. The molecule has 0 aliphatic heterocycles. The van der Waals surface area contributed by atoms with Gasteiger partial charge in [-0.3, -0.25) is 0 Å². The molecule has 0 amide bonds. The topological polar surface area (TPSA) is 79.8 Å². The molecule has 7 nitrogen and oxygen atoms in total. The summed E-state index contributed by atoms with van der Waals surface area (Å²) in [6, 6.07) is 15.6. The molecule has 0 fully saturated rings. The molecule has 2 aromatic carbocycles. The molecule has 0 aliphatic rings. The lowest BCUT2D eigenvalue weighted by Gasteiger charge is -2.09. The third-order valence-corrected chi connectivity index (χ3v) is 3.92. The first-order valence-corrected chi connectivity index (χ1v) is 8.65. The largest absolute Gasteiger partial charge is 0.494 e. The van der Waals surface area contributed by atoms with Gasteiger partial charge in [-0.2, -0.15) is 0 Å². The van der Waals surface area contributed by atoms with E-state index in [1.807, 2.05) is 31.2 Å². The van der Waals surface area contributed by atoms with E-state index in [9.17, 15) is 4.79 Å². The van der Waals surface area contributed by atoms with Crippen LogP contribution >= 0.6 is 0 Å². The number of aromatic nitrogens is 2. The van der Waals surface area contributed by atoms with Crippen molar-refractivity contribution >= 4 is 5.97 Å². The Bertz CT molecular complexity index is 940. The zero-order valence-electron chi connectivity index (χ0n) is 15.8. The minimum absolute atomic E-state index is 0.106. The molecular formula is C21H20N2O5. The lowest BCUT2D eigenvalue weighted by atomic mass is 10.1. The second-order valence-corrected chi connectivity index (χ2v) is 5.67. The van der Waals surface area contributed by atoms with Crippen LogP contribution in [0.25, 0.3) is 11.3 Å². The van der Waals surface area contributed by atoms with Crippen molar-refractivity contribution in [2.24, 2.45) is 0 Å². The summed E-state index contributed by atoms with van der Waals surface area (Å²) in [6.07, 6.45) is 0. The predicted octanol–water partition coefficient (Wildman–Crippen LogP) is 3.78. The second kappa shape index (κ2) is 8.85. The SMILES string of the molecule is CCOc1ccc(-c2ccc(OC(=O)c3ccc(OC)c(OC)c3)nn2)cc1. The molecule has 1 aromatic heterocycles. The molecule has 0 saturated carbocycles. The Morgan fingerprint density at radius 1 is 0.893 bits per heavy atom. The van der Waals surface area contributed by atoms with Crippen molar-refractivity contribution in [3.05, 3.63) is 60.2 Å². The quantitative estimate of drug-likeness (QED) is 0.577. The number of benzene rings is 2. The van der Waals surface area contributed by atoms with E-state index in [0.29, 0.717) is 29.4 Å². The van der Waals surface area contributed by atoms with Crippen molar-refractivity contribution in [3.63, 3.8) is 0 Å². The molecule has 144 valence electrons. The van der Waals surface area contributed by atoms with Crippen molar-refractivity contribution < 1.29 is 23.7 Å². The van der Waals surface area contributed by atoms with Gasteiger partial charge in [-0.1, -0.05) is 0 Å². The third-order valence-electron chi connectivity index (χ3n) is 3.92. The summed E-state index contributed by atoms with van der Waals surface area (Å²) in [6.45, 7) is 2.54. The summed E-state index contributed by atoms with van der Waals surface area (Å²) in [5.74, 6) is 1.30. The summed E-state index contributed by atoms with van der Waals surface area (Å²) in [5, 5.41) is 8.10. The molecule has 0 unspecified atom stereocenters. The Kier molecular flexibility index (Phi) is 6.06. The van der Waals surface area contributed by atoms with Crippen LogP contribution in [0.3, 0.4) is 0 Å². The van der Waals surface area contributed by atoms with Gasteiger partial charge in [0.1, 0.15) is 5.75 Å². The zero-order valence-corrected chi connectivity index (χ0v) is 15.8. The van der Waals surface area contributed by atoms with Gasteiger partial charge < -0.3 is 18.9 Å². The molecule has 0 N–H and O–H groups in total. The van der Waals surface area contributed by atoms with Gasteiger partial charge >= 0.3 is 5.97 Å². The van der Waals surface area contributed by atoms with Crippen molar-refractivity contribution in [2.75, 3.05) is 20.8 Å². The van der Waals surface area contributed by atoms with Gasteiger partial charge in [0.15, 0.2) is 11.5 Å². The zero-order chi connectivity index (χ0) is 19.9. The third kappa shape index (κ3) is 4.37.